The predicted molar refractivity (Wildman–Crippen MR) is 55.7 cm³/mol. The highest BCUT2D eigenvalue weighted by Crippen LogP contribution is 2.17. The zero-order valence-electron chi connectivity index (χ0n) is 7.41. The molecule has 1 nitrogen and oxygen atoms in total. The molecule has 0 spiro atoms. The van der Waals surface area contributed by atoms with Gasteiger partial charge in [-0.05, 0) is 29.2 Å². The molecule has 0 aliphatic rings. The third-order valence-electron chi connectivity index (χ3n) is 2.19. The number of hydrogen-bond acceptors (Lipinski definition) is 1. The van der Waals surface area contributed by atoms with Gasteiger partial charge >= 0.3 is 0 Å². The molecule has 0 saturated carbocycles. The molecule has 0 aliphatic heterocycles. The van der Waals surface area contributed by atoms with Crippen molar-refractivity contribution in [1.82, 2.24) is 0 Å². The Kier molecular flexibility index (Phi) is 1.76. The van der Waals surface area contributed by atoms with Crippen LogP contribution in [0, 0.1) is 6.92 Å². The maximum absolute atomic E-state index is 9.36. The lowest BCUT2D eigenvalue weighted by Gasteiger charge is -2.05. The fraction of sp³-hybridized carbons (Fsp3) is 0.0909. The van der Waals surface area contributed by atoms with Crippen molar-refractivity contribution in [3.05, 3.63) is 35.9 Å². The molecule has 13 heavy (non-hydrogen) atoms. The van der Waals surface area contributed by atoms with Crippen LogP contribution in [-0.2, 0) is 0 Å². The number of fused-ring (bicyclic) bond motifs is 1. The van der Waals surface area contributed by atoms with Crippen molar-refractivity contribution < 1.29 is 5.11 Å². The van der Waals surface area contributed by atoms with Gasteiger partial charge in [-0.15, -0.1) is 0 Å². The lowest BCUT2D eigenvalue weighted by molar-refractivity contribution is 0.480. The van der Waals surface area contributed by atoms with E-state index in [0.717, 1.165) is 10.8 Å². The molecule has 2 heteroatoms. The van der Waals surface area contributed by atoms with Gasteiger partial charge in [0, 0.05) is 0 Å². The monoisotopic (exact) mass is 168 g/mol. The first kappa shape index (κ1) is 8.18. The molecule has 0 bridgehead atoms. The summed E-state index contributed by atoms with van der Waals surface area (Å²) in [5.41, 5.74) is 1.65. The van der Waals surface area contributed by atoms with E-state index < -0.39 is 0 Å². The van der Waals surface area contributed by atoms with E-state index in [2.05, 4.69) is 0 Å². The normalized spacial score (nSPS) is 10.5. The van der Waals surface area contributed by atoms with Gasteiger partial charge in [-0.25, -0.2) is 0 Å². The standard InChI is InChI=1S/C11H9BO/c1-7-2-4-9-8(6-7)3-5-10(13)11(9)12/h2-6,13H,1H3. The molecule has 0 fully saturated rings. The first-order valence-electron chi connectivity index (χ1n) is 4.16. The Morgan fingerprint density at radius 2 is 1.92 bits per heavy atom. The van der Waals surface area contributed by atoms with Crippen LogP contribution in [0.2, 0.25) is 0 Å². The topological polar surface area (TPSA) is 20.2 Å². The van der Waals surface area contributed by atoms with Gasteiger partial charge in [-0.1, -0.05) is 29.8 Å². The number of phenolic OH excluding ortho intramolecular Hbond substituents is 1. The number of rotatable bonds is 0. The number of phenols is 1. The minimum atomic E-state index is 0.149. The zero-order valence-corrected chi connectivity index (χ0v) is 7.41. The molecule has 0 amide bonds. The Bertz CT molecular complexity index is 463. The van der Waals surface area contributed by atoms with E-state index in [-0.39, 0.29) is 5.75 Å². The van der Waals surface area contributed by atoms with Crippen LogP contribution in [0.25, 0.3) is 10.8 Å². The van der Waals surface area contributed by atoms with Gasteiger partial charge in [0.2, 0.25) is 0 Å². The fourth-order valence-corrected chi connectivity index (χ4v) is 1.46. The summed E-state index contributed by atoms with van der Waals surface area (Å²) < 4.78 is 0. The van der Waals surface area contributed by atoms with Crippen LogP contribution < -0.4 is 5.46 Å². The molecule has 0 aliphatic carbocycles. The smallest absolute Gasteiger partial charge is 0.119 e. The van der Waals surface area contributed by atoms with Crippen molar-refractivity contribution in [2.75, 3.05) is 0 Å². The summed E-state index contributed by atoms with van der Waals surface area (Å²) in [6, 6.07) is 9.45. The lowest BCUT2D eigenvalue weighted by atomic mass is 9.88. The van der Waals surface area contributed by atoms with Crippen LogP contribution in [0.5, 0.6) is 5.75 Å². The zero-order chi connectivity index (χ0) is 9.42. The maximum Gasteiger partial charge on any atom is 0.119 e. The Morgan fingerprint density at radius 3 is 2.69 bits per heavy atom. The third-order valence-corrected chi connectivity index (χ3v) is 2.19. The molecule has 2 radical (unpaired) electrons. The number of benzene rings is 2. The minimum Gasteiger partial charge on any atom is -0.509 e. The van der Waals surface area contributed by atoms with Crippen LogP contribution in [-0.4, -0.2) is 13.0 Å². The second kappa shape index (κ2) is 2.80. The van der Waals surface area contributed by atoms with Crippen molar-refractivity contribution in [3.63, 3.8) is 0 Å². The lowest BCUT2D eigenvalue weighted by Crippen LogP contribution is -2.04. The van der Waals surface area contributed by atoms with Crippen LogP contribution in [0.4, 0.5) is 0 Å². The summed E-state index contributed by atoms with van der Waals surface area (Å²) in [5.74, 6) is 0.149. The van der Waals surface area contributed by atoms with Crippen molar-refractivity contribution in [3.8, 4) is 5.75 Å². The second-order valence-electron chi connectivity index (χ2n) is 3.22. The Morgan fingerprint density at radius 1 is 1.15 bits per heavy atom. The molecule has 2 rings (SSSR count). The van der Waals surface area contributed by atoms with E-state index in [1.165, 1.54) is 5.56 Å². The predicted octanol–water partition coefficient (Wildman–Crippen LogP) is 1.65. The molecule has 2 aromatic rings. The number of aryl methyl sites for hydroxylation is 1. The van der Waals surface area contributed by atoms with E-state index in [4.69, 9.17) is 7.85 Å². The van der Waals surface area contributed by atoms with Crippen LogP contribution in [0.1, 0.15) is 5.56 Å². The molecule has 0 unspecified atom stereocenters. The highest BCUT2D eigenvalue weighted by Gasteiger charge is 2.00. The first-order valence-corrected chi connectivity index (χ1v) is 4.16. The minimum absolute atomic E-state index is 0.149. The van der Waals surface area contributed by atoms with E-state index in [1.54, 1.807) is 6.07 Å². The average Bonchev–Trinajstić information content (AvgIpc) is 2.12. The van der Waals surface area contributed by atoms with Gasteiger partial charge < -0.3 is 5.11 Å². The van der Waals surface area contributed by atoms with Crippen LogP contribution >= 0.6 is 0 Å². The highest BCUT2D eigenvalue weighted by molar-refractivity contribution is 6.40. The molecular weight excluding hydrogens is 159 g/mol. The molecule has 0 saturated heterocycles. The highest BCUT2D eigenvalue weighted by atomic mass is 16.3. The molecule has 0 aromatic heterocycles. The van der Waals surface area contributed by atoms with Gasteiger partial charge in [0.05, 0.1) is 0 Å². The van der Waals surface area contributed by atoms with Crippen LogP contribution in [0.3, 0.4) is 0 Å². The van der Waals surface area contributed by atoms with Crippen molar-refractivity contribution in [1.29, 1.82) is 0 Å². The molecule has 2 aromatic carbocycles. The molecule has 0 heterocycles. The summed E-state index contributed by atoms with van der Waals surface area (Å²) in [6.07, 6.45) is 0. The van der Waals surface area contributed by atoms with Gasteiger partial charge in [0.15, 0.2) is 0 Å². The number of aromatic hydroxyl groups is 1. The largest absolute Gasteiger partial charge is 0.509 e. The van der Waals surface area contributed by atoms with Gasteiger partial charge in [-0.3, -0.25) is 0 Å². The second-order valence-corrected chi connectivity index (χ2v) is 3.22. The molecular formula is C11H9BO. The summed E-state index contributed by atoms with van der Waals surface area (Å²) in [6.45, 7) is 2.03. The summed E-state index contributed by atoms with van der Waals surface area (Å²) in [4.78, 5) is 0. The quantitative estimate of drug-likeness (QED) is 0.593. The van der Waals surface area contributed by atoms with E-state index >= 15 is 0 Å². The van der Waals surface area contributed by atoms with Crippen LogP contribution in [0.15, 0.2) is 30.3 Å². The SMILES string of the molecule is [B]c1c(O)ccc2cc(C)ccc12. The average molecular weight is 168 g/mol. The van der Waals surface area contributed by atoms with Crippen molar-refractivity contribution in [2.45, 2.75) is 6.92 Å². The van der Waals surface area contributed by atoms with E-state index in [1.807, 2.05) is 31.2 Å². The van der Waals surface area contributed by atoms with Crippen molar-refractivity contribution in [2.24, 2.45) is 0 Å². The summed E-state index contributed by atoms with van der Waals surface area (Å²) in [5, 5.41) is 11.3. The maximum atomic E-state index is 9.36. The van der Waals surface area contributed by atoms with Gasteiger partial charge in [0.1, 0.15) is 13.6 Å². The Hall–Kier alpha value is -1.44. The van der Waals surface area contributed by atoms with Gasteiger partial charge in [0.25, 0.3) is 0 Å². The Labute approximate surface area is 78.4 Å². The van der Waals surface area contributed by atoms with Crippen molar-refractivity contribution >= 4 is 24.1 Å². The molecule has 62 valence electrons. The molecule has 0 atom stereocenters. The number of hydrogen-bond donors (Lipinski definition) is 1. The fourth-order valence-electron chi connectivity index (χ4n) is 1.46. The Balaban J connectivity index is 2.87. The summed E-state index contributed by atoms with van der Waals surface area (Å²) in [7, 11) is 5.72. The first-order chi connectivity index (χ1) is 6.18. The summed E-state index contributed by atoms with van der Waals surface area (Å²) >= 11 is 0. The van der Waals surface area contributed by atoms with E-state index in [9.17, 15) is 5.11 Å². The molecule has 1 N–H and O–H groups in total. The van der Waals surface area contributed by atoms with E-state index in [0.29, 0.717) is 5.46 Å². The van der Waals surface area contributed by atoms with Gasteiger partial charge in [-0.2, -0.15) is 0 Å². The third kappa shape index (κ3) is 1.28.